The average Bonchev–Trinajstić information content (AvgIpc) is 2.45. The van der Waals surface area contributed by atoms with Crippen molar-refractivity contribution in [1.29, 1.82) is 0 Å². The molecule has 0 aromatic rings. The Morgan fingerprint density at radius 3 is 2.50 bits per heavy atom. The summed E-state index contributed by atoms with van der Waals surface area (Å²) >= 11 is 4.76. The van der Waals surface area contributed by atoms with E-state index < -0.39 is 12.0 Å². The number of rotatable bonds is 5. The predicted molar refractivity (Wildman–Crippen MR) is 102 cm³/mol. The van der Waals surface area contributed by atoms with Gasteiger partial charge in [-0.2, -0.15) is 0 Å². The number of halogens is 2. The third kappa shape index (κ3) is 5.42. The Hall–Kier alpha value is 0.810. The molecular formula is C15H25I2NO4. The molecule has 7 heteroatoms. The van der Waals surface area contributed by atoms with Crippen LogP contribution in [0, 0.1) is 5.92 Å². The molecule has 2 fully saturated rings. The van der Waals surface area contributed by atoms with Crippen molar-refractivity contribution >= 4 is 51.2 Å². The largest absolute Gasteiger partial charge is 0.480 e. The first-order valence-corrected chi connectivity index (χ1v) is 10.5. The maximum atomic E-state index is 10.9. The molecule has 2 saturated carbocycles. The Morgan fingerprint density at radius 2 is 1.91 bits per heavy atom. The van der Waals surface area contributed by atoms with Gasteiger partial charge in [0.05, 0.1) is 18.3 Å². The third-order valence-corrected chi connectivity index (χ3v) is 7.43. The van der Waals surface area contributed by atoms with Crippen LogP contribution in [0.15, 0.2) is 0 Å². The fourth-order valence-corrected chi connectivity index (χ4v) is 5.61. The van der Waals surface area contributed by atoms with Crippen molar-refractivity contribution in [2.45, 2.75) is 77.1 Å². The molecule has 22 heavy (non-hydrogen) atoms. The van der Waals surface area contributed by atoms with E-state index in [-0.39, 0.29) is 22.2 Å². The van der Waals surface area contributed by atoms with Crippen molar-refractivity contribution in [2.24, 2.45) is 11.7 Å². The van der Waals surface area contributed by atoms with Crippen LogP contribution in [-0.2, 0) is 9.53 Å². The minimum absolute atomic E-state index is 0.191. The molecule has 0 saturated heterocycles. The first-order chi connectivity index (χ1) is 10.4. The SMILES string of the molecule is NC(CC1CCC(OC2CCC(O)C(I)C2)C(I)C1)C(=O)O. The highest BCUT2D eigenvalue weighted by Gasteiger charge is 2.35. The molecule has 0 aromatic heterocycles. The highest BCUT2D eigenvalue weighted by atomic mass is 127. The fraction of sp³-hybridized carbons (Fsp3) is 0.933. The van der Waals surface area contributed by atoms with Gasteiger partial charge in [0.25, 0.3) is 0 Å². The van der Waals surface area contributed by atoms with E-state index in [2.05, 4.69) is 45.2 Å². The lowest BCUT2D eigenvalue weighted by molar-refractivity contribution is -0.139. The molecule has 7 unspecified atom stereocenters. The summed E-state index contributed by atoms with van der Waals surface area (Å²) in [7, 11) is 0. The van der Waals surface area contributed by atoms with Gasteiger partial charge in [-0.05, 0) is 50.9 Å². The molecule has 0 radical (unpaired) electrons. The van der Waals surface area contributed by atoms with Gasteiger partial charge in [-0.3, -0.25) is 4.79 Å². The van der Waals surface area contributed by atoms with Gasteiger partial charge in [-0.1, -0.05) is 45.2 Å². The molecule has 2 aliphatic rings. The summed E-state index contributed by atoms with van der Waals surface area (Å²) in [4.78, 5) is 10.9. The minimum atomic E-state index is -0.905. The number of ether oxygens (including phenoxy) is 1. The second kappa shape index (κ2) is 8.77. The Morgan fingerprint density at radius 1 is 1.18 bits per heavy atom. The topological polar surface area (TPSA) is 92.8 Å². The summed E-state index contributed by atoms with van der Waals surface area (Å²) in [6.45, 7) is 0. The molecule has 2 rings (SSSR count). The van der Waals surface area contributed by atoms with Crippen LogP contribution in [0.2, 0.25) is 0 Å². The van der Waals surface area contributed by atoms with Gasteiger partial charge in [0, 0.05) is 7.85 Å². The molecule has 0 aliphatic heterocycles. The van der Waals surface area contributed by atoms with Gasteiger partial charge in [-0.25, -0.2) is 0 Å². The van der Waals surface area contributed by atoms with Crippen molar-refractivity contribution in [1.82, 2.24) is 0 Å². The van der Waals surface area contributed by atoms with Crippen LogP contribution in [0.4, 0.5) is 0 Å². The van der Waals surface area contributed by atoms with Crippen molar-refractivity contribution in [3.05, 3.63) is 0 Å². The lowest BCUT2D eigenvalue weighted by Crippen LogP contribution is -2.41. The summed E-state index contributed by atoms with van der Waals surface area (Å²) in [5, 5.41) is 18.7. The van der Waals surface area contributed by atoms with E-state index >= 15 is 0 Å². The summed E-state index contributed by atoms with van der Waals surface area (Å²) in [6, 6.07) is -0.745. The molecular weight excluding hydrogens is 512 g/mol. The molecule has 0 spiro atoms. The van der Waals surface area contributed by atoms with Crippen molar-refractivity contribution in [3.8, 4) is 0 Å². The number of hydrogen-bond acceptors (Lipinski definition) is 4. The molecule has 0 heterocycles. The van der Waals surface area contributed by atoms with Gasteiger partial charge >= 0.3 is 5.97 Å². The van der Waals surface area contributed by atoms with Gasteiger partial charge in [0.15, 0.2) is 0 Å². The molecule has 0 amide bonds. The van der Waals surface area contributed by atoms with Crippen molar-refractivity contribution in [2.75, 3.05) is 0 Å². The number of aliphatic hydroxyl groups excluding tert-OH is 1. The molecule has 2 aliphatic carbocycles. The number of carbonyl (C=O) groups is 1. The Balaban J connectivity index is 1.77. The second-order valence-electron chi connectivity index (χ2n) is 6.57. The molecule has 4 N–H and O–H groups in total. The van der Waals surface area contributed by atoms with Crippen LogP contribution in [0.25, 0.3) is 0 Å². The van der Waals surface area contributed by atoms with Crippen LogP contribution in [0.5, 0.6) is 0 Å². The summed E-state index contributed by atoms with van der Waals surface area (Å²) < 4.78 is 6.99. The number of alkyl halides is 2. The molecule has 128 valence electrons. The van der Waals surface area contributed by atoms with Gasteiger partial charge in [-0.15, -0.1) is 0 Å². The van der Waals surface area contributed by atoms with E-state index in [4.69, 9.17) is 15.6 Å². The zero-order valence-corrected chi connectivity index (χ0v) is 16.9. The zero-order valence-electron chi connectivity index (χ0n) is 12.5. The molecule has 5 nitrogen and oxygen atoms in total. The van der Waals surface area contributed by atoms with Crippen LogP contribution in [0.3, 0.4) is 0 Å². The van der Waals surface area contributed by atoms with Crippen molar-refractivity contribution < 1.29 is 19.7 Å². The number of aliphatic hydroxyl groups is 1. The zero-order chi connectivity index (χ0) is 16.3. The first kappa shape index (κ1) is 19.1. The number of carboxylic acids is 1. The average molecular weight is 537 g/mol. The van der Waals surface area contributed by atoms with E-state index in [0.29, 0.717) is 16.3 Å². The quantitative estimate of drug-likeness (QED) is 0.371. The van der Waals surface area contributed by atoms with Crippen LogP contribution in [-0.4, -0.2) is 48.4 Å². The number of nitrogens with two attached hydrogens (primary N) is 1. The fourth-order valence-electron chi connectivity index (χ4n) is 3.43. The van der Waals surface area contributed by atoms with E-state index in [0.717, 1.165) is 38.5 Å². The number of carboxylic acid groups (broad SMARTS) is 1. The number of aliphatic carboxylic acids is 1. The highest BCUT2D eigenvalue weighted by molar-refractivity contribution is 14.1. The summed E-state index contributed by atoms with van der Waals surface area (Å²) in [5.41, 5.74) is 5.65. The lowest BCUT2D eigenvalue weighted by Gasteiger charge is -2.38. The summed E-state index contributed by atoms with van der Waals surface area (Å²) in [5.74, 6) is -0.518. The summed E-state index contributed by atoms with van der Waals surface area (Å²) in [6.07, 6.45) is 6.53. The van der Waals surface area contributed by atoms with Gasteiger partial charge in [0.1, 0.15) is 6.04 Å². The van der Waals surface area contributed by atoms with Crippen molar-refractivity contribution in [3.63, 3.8) is 0 Å². The second-order valence-corrected chi connectivity index (χ2v) is 9.77. The highest BCUT2D eigenvalue weighted by Crippen LogP contribution is 2.36. The smallest absolute Gasteiger partial charge is 0.320 e. The Labute approximate surface area is 159 Å². The van der Waals surface area contributed by atoms with Crippen LogP contribution < -0.4 is 5.73 Å². The monoisotopic (exact) mass is 537 g/mol. The maximum Gasteiger partial charge on any atom is 0.320 e. The van der Waals surface area contributed by atoms with Gasteiger partial charge in [0.2, 0.25) is 0 Å². The maximum absolute atomic E-state index is 10.9. The lowest BCUT2D eigenvalue weighted by atomic mass is 9.83. The predicted octanol–water partition coefficient (Wildman–Crippen LogP) is 2.49. The third-order valence-electron chi connectivity index (χ3n) is 4.78. The Bertz CT molecular complexity index is 385. The molecule has 0 bridgehead atoms. The van der Waals surface area contributed by atoms with E-state index in [1.165, 1.54) is 0 Å². The molecule has 0 aromatic carbocycles. The minimum Gasteiger partial charge on any atom is -0.480 e. The Kier molecular flexibility index (Phi) is 7.63. The van der Waals surface area contributed by atoms with E-state index in [1.54, 1.807) is 0 Å². The normalized spacial score (nSPS) is 41.1. The molecule has 7 atom stereocenters. The van der Waals surface area contributed by atoms with E-state index in [1.807, 2.05) is 0 Å². The van der Waals surface area contributed by atoms with Crippen LogP contribution >= 0.6 is 45.2 Å². The van der Waals surface area contributed by atoms with Crippen LogP contribution in [0.1, 0.15) is 44.9 Å². The first-order valence-electron chi connectivity index (χ1n) is 7.96. The number of hydrogen-bond donors (Lipinski definition) is 3. The standard InChI is InChI=1S/C15H25I2NO4/c16-10-7-9(2-3-13(10)19)22-14-4-1-8(5-11(14)17)6-12(18)15(20)21/h8-14,19H,1-7,18H2,(H,20,21). The van der Waals surface area contributed by atoms with Gasteiger partial charge < -0.3 is 20.7 Å². The van der Waals surface area contributed by atoms with E-state index in [9.17, 15) is 9.90 Å².